The molecule has 96 valence electrons. The number of nitrogens with one attached hydrogen (secondary N) is 1. The highest BCUT2D eigenvalue weighted by atomic mass is 35.5. The van der Waals surface area contributed by atoms with E-state index in [4.69, 9.17) is 35.4 Å². The summed E-state index contributed by atoms with van der Waals surface area (Å²) in [5.74, 6) is 0. The van der Waals surface area contributed by atoms with E-state index in [9.17, 15) is 4.79 Å². The van der Waals surface area contributed by atoms with E-state index in [0.29, 0.717) is 20.4 Å². The smallest absolute Gasteiger partial charge is 0.276 e. The van der Waals surface area contributed by atoms with E-state index in [1.165, 1.54) is 15.9 Å². The Balaban J connectivity index is 2.50. The molecule has 0 aliphatic carbocycles. The fourth-order valence-corrected chi connectivity index (χ4v) is 3.47. The molecule has 1 N–H and O–H groups in total. The Labute approximate surface area is 127 Å². The van der Waals surface area contributed by atoms with Gasteiger partial charge >= 0.3 is 0 Å². The molecule has 0 spiro atoms. The zero-order valence-corrected chi connectivity index (χ0v) is 12.5. The lowest BCUT2D eigenvalue weighted by atomic mass is 10.3. The molecule has 0 amide bonds. The molecule has 2 heterocycles. The van der Waals surface area contributed by atoms with Gasteiger partial charge in [-0.05, 0) is 35.8 Å². The second kappa shape index (κ2) is 4.76. The van der Waals surface area contributed by atoms with Crippen molar-refractivity contribution in [1.29, 1.82) is 0 Å². The van der Waals surface area contributed by atoms with Crippen molar-refractivity contribution in [3.63, 3.8) is 0 Å². The minimum Gasteiger partial charge on any atom is -0.331 e. The largest absolute Gasteiger partial charge is 0.331 e. The summed E-state index contributed by atoms with van der Waals surface area (Å²) in [4.78, 5) is 15.5. The predicted octanol–water partition coefficient (Wildman–Crippen LogP) is 4.42. The number of rotatable bonds is 1. The average molecular weight is 329 g/mol. The van der Waals surface area contributed by atoms with Gasteiger partial charge in [0.15, 0.2) is 4.77 Å². The van der Waals surface area contributed by atoms with Crippen LogP contribution in [0.1, 0.15) is 0 Å². The average Bonchev–Trinajstić information content (AvgIpc) is 2.81. The Bertz CT molecular complexity index is 874. The lowest BCUT2D eigenvalue weighted by molar-refractivity contribution is 0.944. The first-order valence-corrected chi connectivity index (χ1v) is 7.31. The number of aromatic nitrogens is 2. The highest BCUT2D eigenvalue weighted by Crippen LogP contribution is 2.28. The molecule has 3 nitrogen and oxygen atoms in total. The van der Waals surface area contributed by atoms with Crippen molar-refractivity contribution in [2.45, 2.75) is 0 Å². The summed E-state index contributed by atoms with van der Waals surface area (Å²) in [5.41, 5.74) is 0.913. The van der Waals surface area contributed by atoms with Crippen molar-refractivity contribution in [1.82, 2.24) is 9.55 Å². The Morgan fingerprint density at radius 3 is 2.58 bits per heavy atom. The first-order valence-electron chi connectivity index (χ1n) is 5.26. The number of nitrogens with zero attached hydrogens (tertiary/aromatic N) is 1. The van der Waals surface area contributed by atoms with Crippen molar-refractivity contribution >= 4 is 57.0 Å². The molecule has 3 rings (SSSR count). The molecule has 1 aromatic carbocycles. The van der Waals surface area contributed by atoms with E-state index < -0.39 is 0 Å². The minimum atomic E-state index is -0.219. The summed E-state index contributed by atoms with van der Waals surface area (Å²) in [6.07, 6.45) is 0. The molecule has 0 bridgehead atoms. The maximum absolute atomic E-state index is 12.5. The number of para-hydroxylation sites is 1. The third kappa shape index (κ3) is 2.03. The van der Waals surface area contributed by atoms with Gasteiger partial charge in [0, 0.05) is 0 Å². The summed E-state index contributed by atoms with van der Waals surface area (Å²) in [5, 5.41) is 2.59. The molecular weight excluding hydrogens is 323 g/mol. The van der Waals surface area contributed by atoms with E-state index in [1.807, 2.05) is 11.4 Å². The predicted molar refractivity (Wildman–Crippen MR) is 82.6 cm³/mol. The Kier molecular flexibility index (Phi) is 3.22. The van der Waals surface area contributed by atoms with Gasteiger partial charge in [-0.2, -0.15) is 0 Å². The van der Waals surface area contributed by atoms with Crippen molar-refractivity contribution in [3.8, 4) is 5.69 Å². The van der Waals surface area contributed by atoms with E-state index in [0.717, 1.165) is 5.52 Å². The molecule has 0 saturated carbocycles. The maximum atomic E-state index is 12.5. The number of fused-ring (bicyclic) bond motifs is 1. The Hall–Kier alpha value is -1.14. The quantitative estimate of drug-likeness (QED) is 0.671. The summed E-state index contributed by atoms with van der Waals surface area (Å²) >= 11 is 18.8. The van der Waals surface area contributed by atoms with E-state index in [-0.39, 0.29) is 10.3 Å². The molecule has 0 atom stereocenters. The summed E-state index contributed by atoms with van der Waals surface area (Å²) in [6.45, 7) is 0. The molecular formula is C12H6Cl2N2OS2. The van der Waals surface area contributed by atoms with Crippen LogP contribution in [-0.2, 0) is 0 Å². The van der Waals surface area contributed by atoms with Crippen molar-refractivity contribution < 1.29 is 0 Å². The topological polar surface area (TPSA) is 37.8 Å². The van der Waals surface area contributed by atoms with E-state index in [2.05, 4.69) is 4.98 Å². The Morgan fingerprint density at radius 1 is 1.21 bits per heavy atom. The van der Waals surface area contributed by atoms with Crippen LogP contribution in [0, 0.1) is 4.77 Å². The maximum Gasteiger partial charge on any atom is 0.276 e. The molecule has 0 saturated heterocycles. The van der Waals surface area contributed by atoms with Crippen LogP contribution < -0.4 is 5.56 Å². The van der Waals surface area contributed by atoms with Gasteiger partial charge < -0.3 is 4.98 Å². The van der Waals surface area contributed by atoms with Gasteiger partial charge in [0.1, 0.15) is 4.70 Å². The molecule has 0 fully saturated rings. The zero-order valence-electron chi connectivity index (χ0n) is 9.31. The molecule has 0 unspecified atom stereocenters. The third-order valence-electron chi connectivity index (χ3n) is 2.67. The monoisotopic (exact) mass is 328 g/mol. The van der Waals surface area contributed by atoms with Crippen molar-refractivity contribution in [2.24, 2.45) is 0 Å². The zero-order chi connectivity index (χ0) is 13.6. The first kappa shape index (κ1) is 12.9. The molecule has 0 radical (unpaired) electrons. The molecule has 3 aromatic rings. The van der Waals surface area contributed by atoms with E-state index >= 15 is 0 Å². The normalized spacial score (nSPS) is 11.1. The summed E-state index contributed by atoms with van der Waals surface area (Å²) in [7, 11) is 0. The van der Waals surface area contributed by atoms with Gasteiger partial charge in [0.05, 0.1) is 21.2 Å². The number of hydrogen-bond donors (Lipinski definition) is 1. The van der Waals surface area contributed by atoms with Crippen LogP contribution in [0.3, 0.4) is 0 Å². The molecule has 7 heteroatoms. The number of hydrogen-bond acceptors (Lipinski definition) is 3. The fourth-order valence-electron chi connectivity index (χ4n) is 1.84. The summed E-state index contributed by atoms with van der Waals surface area (Å²) < 4.78 is 2.19. The second-order valence-electron chi connectivity index (χ2n) is 3.80. The number of benzene rings is 1. The standard InChI is InChI=1S/C12H6Cl2N2OS2/c13-6-2-1-3-7(14)9(6)16-11(17)10-8(4-5-19-10)15-12(16)18/h1-5H,(H,15,18). The number of halogens is 2. The Morgan fingerprint density at radius 2 is 1.89 bits per heavy atom. The SMILES string of the molecule is O=c1c2sccc2[nH]c(=S)n1-c1c(Cl)cccc1Cl. The fraction of sp³-hybridized carbons (Fsp3) is 0. The van der Waals surface area contributed by atoms with Gasteiger partial charge in [-0.15, -0.1) is 11.3 Å². The van der Waals surface area contributed by atoms with Gasteiger partial charge in [-0.25, -0.2) is 4.57 Å². The molecule has 0 aliphatic rings. The number of aromatic amines is 1. The van der Waals surface area contributed by atoms with Crippen LogP contribution in [0.5, 0.6) is 0 Å². The van der Waals surface area contributed by atoms with Crippen molar-refractivity contribution in [2.75, 3.05) is 0 Å². The summed E-state index contributed by atoms with van der Waals surface area (Å²) in [6, 6.07) is 6.87. The van der Waals surface area contributed by atoms with Crippen LogP contribution in [0.4, 0.5) is 0 Å². The lowest BCUT2D eigenvalue weighted by Gasteiger charge is -2.10. The molecule has 0 aliphatic heterocycles. The molecule has 2 aromatic heterocycles. The van der Waals surface area contributed by atoms with Gasteiger partial charge in [-0.3, -0.25) is 4.79 Å². The van der Waals surface area contributed by atoms with Crippen molar-refractivity contribution in [3.05, 3.63) is 54.8 Å². The first-order chi connectivity index (χ1) is 9.09. The number of thiophene rings is 1. The minimum absolute atomic E-state index is 0.219. The van der Waals surface area contributed by atoms with Crippen LogP contribution in [-0.4, -0.2) is 9.55 Å². The van der Waals surface area contributed by atoms with Gasteiger partial charge in [0.2, 0.25) is 0 Å². The lowest BCUT2D eigenvalue weighted by Crippen LogP contribution is -2.20. The number of H-pyrrole nitrogens is 1. The van der Waals surface area contributed by atoms with E-state index in [1.54, 1.807) is 18.2 Å². The van der Waals surface area contributed by atoms with Gasteiger partial charge in [0.25, 0.3) is 5.56 Å². The van der Waals surface area contributed by atoms with Gasteiger partial charge in [-0.1, -0.05) is 29.3 Å². The highest BCUT2D eigenvalue weighted by Gasteiger charge is 2.14. The second-order valence-corrected chi connectivity index (χ2v) is 5.92. The van der Waals surface area contributed by atoms with Crippen LogP contribution in [0.25, 0.3) is 15.9 Å². The third-order valence-corrected chi connectivity index (χ3v) is 4.47. The highest BCUT2D eigenvalue weighted by molar-refractivity contribution is 7.71. The van der Waals surface area contributed by atoms with Crippen LogP contribution in [0.2, 0.25) is 10.0 Å². The van der Waals surface area contributed by atoms with Crippen LogP contribution in [0.15, 0.2) is 34.4 Å². The van der Waals surface area contributed by atoms with Crippen LogP contribution >= 0.6 is 46.8 Å². The molecule has 19 heavy (non-hydrogen) atoms.